The van der Waals surface area contributed by atoms with Gasteiger partial charge in [0.15, 0.2) is 0 Å². The minimum atomic E-state index is 0.785. The highest BCUT2D eigenvalue weighted by molar-refractivity contribution is 4.84. The monoisotopic (exact) mass is 239 g/mol. The van der Waals surface area contributed by atoms with Gasteiger partial charge in [0.05, 0.1) is 0 Å². The largest absolute Gasteiger partial charge is 0.314 e. The molecule has 0 aromatic heterocycles. The van der Waals surface area contributed by atoms with Gasteiger partial charge < -0.3 is 5.32 Å². The number of nitrogens with one attached hydrogen (secondary N) is 1. The summed E-state index contributed by atoms with van der Waals surface area (Å²) in [7, 11) is 0. The molecule has 102 valence electrons. The lowest BCUT2D eigenvalue weighted by Gasteiger charge is -2.37. The molecule has 17 heavy (non-hydrogen) atoms. The highest BCUT2D eigenvalue weighted by Crippen LogP contribution is 2.36. The molecule has 1 fully saturated rings. The third kappa shape index (κ3) is 4.99. The SMILES string of the molecule is CCNC(CCC(C)C)C1CCCCC1CC. The van der Waals surface area contributed by atoms with Crippen molar-refractivity contribution in [3.63, 3.8) is 0 Å². The molecule has 1 aliphatic rings. The number of hydrogen-bond donors (Lipinski definition) is 1. The van der Waals surface area contributed by atoms with E-state index in [0.717, 1.165) is 30.3 Å². The Morgan fingerprint density at radius 2 is 1.76 bits per heavy atom. The summed E-state index contributed by atoms with van der Waals surface area (Å²) in [6.45, 7) is 10.5. The van der Waals surface area contributed by atoms with Crippen LogP contribution in [-0.2, 0) is 0 Å². The first-order valence-electron chi connectivity index (χ1n) is 7.92. The molecule has 1 N–H and O–H groups in total. The lowest BCUT2D eigenvalue weighted by atomic mass is 9.72. The van der Waals surface area contributed by atoms with Gasteiger partial charge in [-0.15, -0.1) is 0 Å². The molecule has 0 saturated heterocycles. The van der Waals surface area contributed by atoms with E-state index in [9.17, 15) is 0 Å². The highest BCUT2D eigenvalue weighted by Gasteiger charge is 2.29. The lowest BCUT2D eigenvalue weighted by Crippen LogP contribution is -2.41. The van der Waals surface area contributed by atoms with Gasteiger partial charge in [-0.3, -0.25) is 0 Å². The summed E-state index contributed by atoms with van der Waals surface area (Å²) in [5.41, 5.74) is 0. The van der Waals surface area contributed by atoms with Crippen LogP contribution in [0, 0.1) is 17.8 Å². The van der Waals surface area contributed by atoms with Gasteiger partial charge in [0.2, 0.25) is 0 Å². The summed E-state index contributed by atoms with van der Waals surface area (Å²) < 4.78 is 0. The molecule has 1 heteroatoms. The van der Waals surface area contributed by atoms with E-state index < -0.39 is 0 Å². The van der Waals surface area contributed by atoms with Crippen molar-refractivity contribution in [2.45, 2.75) is 78.7 Å². The molecule has 3 unspecified atom stereocenters. The van der Waals surface area contributed by atoms with E-state index in [1.54, 1.807) is 0 Å². The lowest BCUT2D eigenvalue weighted by molar-refractivity contribution is 0.166. The van der Waals surface area contributed by atoms with Crippen LogP contribution in [-0.4, -0.2) is 12.6 Å². The summed E-state index contributed by atoms with van der Waals surface area (Å²) in [6, 6.07) is 0.785. The molecule has 0 amide bonds. The zero-order valence-electron chi connectivity index (χ0n) is 12.5. The molecule has 1 aliphatic carbocycles. The summed E-state index contributed by atoms with van der Waals surface area (Å²) in [6.07, 6.45) is 10.0. The number of rotatable bonds is 7. The predicted molar refractivity (Wildman–Crippen MR) is 77.3 cm³/mol. The molecule has 3 atom stereocenters. The van der Waals surface area contributed by atoms with Crippen molar-refractivity contribution in [2.24, 2.45) is 17.8 Å². The van der Waals surface area contributed by atoms with Gasteiger partial charge in [-0.05, 0) is 43.6 Å². The van der Waals surface area contributed by atoms with E-state index in [-0.39, 0.29) is 0 Å². The Morgan fingerprint density at radius 1 is 1.06 bits per heavy atom. The van der Waals surface area contributed by atoms with Crippen molar-refractivity contribution < 1.29 is 0 Å². The van der Waals surface area contributed by atoms with Crippen LogP contribution in [0.3, 0.4) is 0 Å². The van der Waals surface area contributed by atoms with Gasteiger partial charge in [0.25, 0.3) is 0 Å². The van der Waals surface area contributed by atoms with Gasteiger partial charge in [0.1, 0.15) is 0 Å². The van der Waals surface area contributed by atoms with Crippen LogP contribution >= 0.6 is 0 Å². The first-order chi connectivity index (χ1) is 8.19. The van der Waals surface area contributed by atoms with Crippen LogP contribution in [0.15, 0.2) is 0 Å². The van der Waals surface area contributed by atoms with E-state index in [2.05, 4.69) is 33.0 Å². The van der Waals surface area contributed by atoms with E-state index in [1.165, 1.54) is 44.9 Å². The normalized spacial score (nSPS) is 27.4. The van der Waals surface area contributed by atoms with E-state index in [1.807, 2.05) is 0 Å². The van der Waals surface area contributed by atoms with Crippen LogP contribution in [0.5, 0.6) is 0 Å². The van der Waals surface area contributed by atoms with Crippen molar-refractivity contribution in [3.05, 3.63) is 0 Å². The van der Waals surface area contributed by atoms with Crippen molar-refractivity contribution in [1.29, 1.82) is 0 Å². The second kappa shape index (κ2) is 8.13. The van der Waals surface area contributed by atoms with E-state index in [4.69, 9.17) is 0 Å². The Labute approximate surface area is 109 Å². The molecule has 0 spiro atoms. The maximum Gasteiger partial charge on any atom is 0.00979 e. The van der Waals surface area contributed by atoms with Crippen LogP contribution in [0.2, 0.25) is 0 Å². The molecule has 0 aromatic carbocycles. The van der Waals surface area contributed by atoms with Crippen LogP contribution in [0.25, 0.3) is 0 Å². The summed E-state index contributed by atoms with van der Waals surface area (Å²) in [5.74, 6) is 2.78. The fourth-order valence-corrected chi connectivity index (χ4v) is 3.52. The maximum absolute atomic E-state index is 3.77. The topological polar surface area (TPSA) is 12.0 Å². The third-order valence-corrected chi connectivity index (χ3v) is 4.53. The highest BCUT2D eigenvalue weighted by atomic mass is 14.9. The van der Waals surface area contributed by atoms with Crippen molar-refractivity contribution >= 4 is 0 Å². The Balaban J connectivity index is 2.53. The molecule has 0 aromatic rings. The van der Waals surface area contributed by atoms with Gasteiger partial charge in [-0.25, -0.2) is 0 Å². The third-order valence-electron chi connectivity index (χ3n) is 4.53. The molecular weight excluding hydrogens is 206 g/mol. The smallest absolute Gasteiger partial charge is 0.00979 e. The Bertz CT molecular complexity index is 188. The van der Waals surface area contributed by atoms with Crippen molar-refractivity contribution in [3.8, 4) is 0 Å². The number of hydrogen-bond acceptors (Lipinski definition) is 1. The summed E-state index contributed by atoms with van der Waals surface area (Å²) >= 11 is 0. The van der Waals surface area contributed by atoms with Gasteiger partial charge in [-0.2, -0.15) is 0 Å². The average Bonchev–Trinajstić information content (AvgIpc) is 2.34. The van der Waals surface area contributed by atoms with Crippen LogP contribution < -0.4 is 5.32 Å². The molecule has 0 heterocycles. The molecule has 0 radical (unpaired) electrons. The Morgan fingerprint density at radius 3 is 2.35 bits per heavy atom. The molecule has 0 bridgehead atoms. The molecule has 1 rings (SSSR count). The first kappa shape index (κ1) is 15.0. The van der Waals surface area contributed by atoms with Gasteiger partial charge in [-0.1, -0.05) is 53.4 Å². The predicted octanol–water partition coefficient (Wildman–Crippen LogP) is 4.62. The van der Waals surface area contributed by atoms with Crippen molar-refractivity contribution in [1.82, 2.24) is 5.32 Å². The standard InChI is InChI=1S/C16H33N/c1-5-14-9-7-8-10-15(14)16(17-6-2)12-11-13(3)4/h13-17H,5-12H2,1-4H3. The Hall–Kier alpha value is -0.0400. The summed E-state index contributed by atoms with van der Waals surface area (Å²) in [5, 5.41) is 3.77. The van der Waals surface area contributed by atoms with E-state index >= 15 is 0 Å². The maximum atomic E-state index is 3.77. The van der Waals surface area contributed by atoms with E-state index in [0.29, 0.717) is 0 Å². The van der Waals surface area contributed by atoms with Crippen LogP contribution in [0.4, 0.5) is 0 Å². The molecule has 1 saturated carbocycles. The van der Waals surface area contributed by atoms with Crippen LogP contribution in [0.1, 0.15) is 72.6 Å². The zero-order valence-corrected chi connectivity index (χ0v) is 12.5. The van der Waals surface area contributed by atoms with Gasteiger partial charge in [0, 0.05) is 6.04 Å². The quantitative estimate of drug-likeness (QED) is 0.683. The second-order valence-corrected chi connectivity index (χ2v) is 6.25. The Kier molecular flexibility index (Phi) is 7.18. The minimum Gasteiger partial charge on any atom is -0.314 e. The van der Waals surface area contributed by atoms with Gasteiger partial charge >= 0.3 is 0 Å². The van der Waals surface area contributed by atoms with Crippen molar-refractivity contribution in [2.75, 3.05) is 6.54 Å². The zero-order chi connectivity index (χ0) is 12.7. The second-order valence-electron chi connectivity index (χ2n) is 6.25. The molecular formula is C16H33N. The minimum absolute atomic E-state index is 0.785. The average molecular weight is 239 g/mol. The molecule has 0 aliphatic heterocycles. The molecule has 1 nitrogen and oxygen atoms in total. The summed E-state index contributed by atoms with van der Waals surface area (Å²) in [4.78, 5) is 0. The fourth-order valence-electron chi connectivity index (χ4n) is 3.52. The first-order valence-corrected chi connectivity index (χ1v) is 7.92. The fraction of sp³-hybridized carbons (Fsp3) is 1.00.